The SMILES string of the molecule is Cc1cc(C(=O)N2C(C)SCC2C(=O)O)nn1C. The van der Waals surface area contributed by atoms with E-state index in [0.717, 1.165) is 5.69 Å². The maximum Gasteiger partial charge on any atom is 0.327 e. The number of hydrogen-bond donors (Lipinski definition) is 1. The molecule has 1 aromatic heterocycles. The van der Waals surface area contributed by atoms with E-state index in [1.807, 2.05) is 13.8 Å². The zero-order valence-corrected chi connectivity index (χ0v) is 11.3. The highest BCUT2D eigenvalue weighted by atomic mass is 32.2. The van der Waals surface area contributed by atoms with Crippen LogP contribution < -0.4 is 0 Å². The highest BCUT2D eigenvalue weighted by molar-refractivity contribution is 8.00. The molecule has 1 amide bonds. The Morgan fingerprint density at radius 2 is 2.22 bits per heavy atom. The molecule has 2 atom stereocenters. The number of carbonyl (C=O) groups excluding carboxylic acids is 1. The van der Waals surface area contributed by atoms with Crippen LogP contribution in [0.25, 0.3) is 0 Å². The monoisotopic (exact) mass is 269 g/mol. The summed E-state index contributed by atoms with van der Waals surface area (Å²) in [5, 5.41) is 13.1. The van der Waals surface area contributed by atoms with Gasteiger partial charge in [-0.15, -0.1) is 11.8 Å². The lowest BCUT2D eigenvalue weighted by atomic mass is 10.2. The van der Waals surface area contributed by atoms with E-state index in [1.54, 1.807) is 17.8 Å². The van der Waals surface area contributed by atoms with Crippen molar-refractivity contribution >= 4 is 23.6 Å². The number of aliphatic carboxylic acids is 1. The van der Waals surface area contributed by atoms with Crippen LogP contribution in [-0.2, 0) is 11.8 Å². The molecule has 1 N–H and O–H groups in total. The molecule has 7 heteroatoms. The Balaban J connectivity index is 2.29. The smallest absolute Gasteiger partial charge is 0.327 e. The molecular weight excluding hydrogens is 254 g/mol. The number of carbonyl (C=O) groups is 2. The van der Waals surface area contributed by atoms with E-state index >= 15 is 0 Å². The van der Waals surface area contributed by atoms with Crippen LogP contribution in [0.3, 0.4) is 0 Å². The molecule has 1 saturated heterocycles. The topological polar surface area (TPSA) is 75.4 Å². The summed E-state index contributed by atoms with van der Waals surface area (Å²) in [6.45, 7) is 3.68. The first-order valence-corrected chi connectivity index (χ1v) is 6.64. The molecule has 2 heterocycles. The van der Waals surface area contributed by atoms with Gasteiger partial charge in [-0.1, -0.05) is 0 Å². The fourth-order valence-electron chi connectivity index (χ4n) is 1.94. The predicted octanol–water partition coefficient (Wildman–Crippen LogP) is 0.717. The minimum absolute atomic E-state index is 0.138. The number of aryl methyl sites for hydroxylation is 2. The Morgan fingerprint density at radius 1 is 1.56 bits per heavy atom. The molecule has 1 aromatic rings. The highest BCUT2D eigenvalue weighted by Gasteiger charge is 2.40. The van der Waals surface area contributed by atoms with E-state index in [9.17, 15) is 9.59 Å². The van der Waals surface area contributed by atoms with Crippen LogP contribution in [0.2, 0.25) is 0 Å². The van der Waals surface area contributed by atoms with Crippen molar-refractivity contribution in [2.75, 3.05) is 5.75 Å². The molecule has 2 unspecified atom stereocenters. The second-order valence-electron chi connectivity index (χ2n) is 4.29. The third kappa shape index (κ3) is 2.10. The molecule has 6 nitrogen and oxygen atoms in total. The van der Waals surface area contributed by atoms with Crippen LogP contribution in [0.15, 0.2) is 6.07 Å². The molecule has 0 aliphatic carbocycles. The van der Waals surface area contributed by atoms with Crippen molar-refractivity contribution in [2.45, 2.75) is 25.3 Å². The van der Waals surface area contributed by atoms with Gasteiger partial charge in [-0.2, -0.15) is 5.10 Å². The van der Waals surface area contributed by atoms with Gasteiger partial charge in [0.2, 0.25) is 0 Å². The Hall–Kier alpha value is -1.50. The van der Waals surface area contributed by atoms with Crippen LogP contribution in [0.5, 0.6) is 0 Å². The summed E-state index contributed by atoms with van der Waals surface area (Å²) < 4.78 is 1.61. The number of nitrogens with zero attached hydrogens (tertiary/aromatic N) is 3. The lowest BCUT2D eigenvalue weighted by Crippen LogP contribution is -2.44. The Morgan fingerprint density at radius 3 is 2.72 bits per heavy atom. The van der Waals surface area contributed by atoms with Gasteiger partial charge in [-0.25, -0.2) is 4.79 Å². The van der Waals surface area contributed by atoms with Gasteiger partial charge in [0.05, 0.1) is 5.37 Å². The quantitative estimate of drug-likeness (QED) is 0.856. The average molecular weight is 269 g/mol. The van der Waals surface area contributed by atoms with E-state index in [1.165, 1.54) is 16.7 Å². The third-order valence-corrected chi connectivity index (χ3v) is 4.29. The molecule has 0 spiro atoms. The van der Waals surface area contributed by atoms with Gasteiger partial charge < -0.3 is 10.0 Å². The minimum atomic E-state index is -0.965. The zero-order chi connectivity index (χ0) is 13.4. The largest absolute Gasteiger partial charge is 0.480 e. The van der Waals surface area contributed by atoms with Crippen LogP contribution in [0.1, 0.15) is 23.1 Å². The lowest BCUT2D eigenvalue weighted by Gasteiger charge is -2.23. The molecule has 2 rings (SSSR count). The second-order valence-corrected chi connectivity index (χ2v) is 5.64. The van der Waals surface area contributed by atoms with Crippen LogP contribution in [0, 0.1) is 6.92 Å². The van der Waals surface area contributed by atoms with Crippen LogP contribution in [0.4, 0.5) is 0 Å². The first kappa shape index (κ1) is 12.9. The maximum absolute atomic E-state index is 12.3. The van der Waals surface area contributed by atoms with E-state index < -0.39 is 12.0 Å². The predicted molar refractivity (Wildman–Crippen MR) is 67.5 cm³/mol. The van der Waals surface area contributed by atoms with Crippen molar-refractivity contribution in [2.24, 2.45) is 7.05 Å². The minimum Gasteiger partial charge on any atom is -0.480 e. The molecule has 1 fully saturated rings. The van der Waals surface area contributed by atoms with Crippen LogP contribution in [-0.4, -0.2) is 48.8 Å². The number of aromatic nitrogens is 2. The number of carboxylic acid groups (broad SMARTS) is 1. The van der Waals surface area contributed by atoms with Crippen molar-refractivity contribution < 1.29 is 14.7 Å². The molecule has 1 aliphatic rings. The summed E-state index contributed by atoms with van der Waals surface area (Å²) in [7, 11) is 1.75. The van der Waals surface area contributed by atoms with Gasteiger partial charge >= 0.3 is 5.97 Å². The second kappa shape index (κ2) is 4.64. The van der Waals surface area contributed by atoms with E-state index in [0.29, 0.717) is 11.4 Å². The molecule has 18 heavy (non-hydrogen) atoms. The van der Waals surface area contributed by atoms with Gasteiger partial charge in [0.15, 0.2) is 5.69 Å². The standard InChI is InChI=1S/C11H15N3O3S/c1-6-4-8(12-13(6)3)10(15)14-7(2)18-5-9(14)11(16)17/h4,7,9H,5H2,1-3H3,(H,16,17). The Bertz CT molecular complexity index is 480. The van der Waals surface area contributed by atoms with Crippen molar-refractivity contribution in [3.05, 3.63) is 17.5 Å². The van der Waals surface area contributed by atoms with Crippen molar-refractivity contribution in [3.8, 4) is 0 Å². The molecule has 0 bridgehead atoms. The molecule has 98 valence electrons. The van der Waals surface area contributed by atoms with Crippen molar-refractivity contribution in [1.29, 1.82) is 0 Å². The number of thioether (sulfide) groups is 1. The fourth-order valence-corrected chi connectivity index (χ4v) is 3.11. The molecule has 0 aromatic carbocycles. The number of hydrogen-bond acceptors (Lipinski definition) is 4. The number of carboxylic acids is 1. The van der Waals surface area contributed by atoms with Crippen LogP contribution >= 0.6 is 11.8 Å². The highest BCUT2D eigenvalue weighted by Crippen LogP contribution is 2.30. The van der Waals surface area contributed by atoms with Gasteiger partial charge in [0, 0.05) is 18.5 Å². The summed E-state index contributed by atoms with van der Waals surface area (Å²) in [4.78, 5) is 24.8. The van der Waals surface area contributed by atoms with Gasteiger partial charge in [0.1, 0.15) is 6.04 Å². The van der Waals surface area contributed by atoms with Gasteiger partial charge in [0.25, 0.3) is 5.91 Å². The lowest BCUT2D eigenvalue weighted by molar-refractivity contribution is -0.141. The van der Waals surface area contributed by atoms with E-state index in [-0.39, 0.29) is 11.3 Å². The zero-order valence-electron chi connectivity index (χ0n) is 10.5. The number of rotatable bonds is 2. The summed E-state index contributed by atoms with van der Waals surface area (Å²) in [5.41, 5.74) is 1.17. The Kier molecular flexibility index (Phi) is 3.34. The van der Waals surface area contributed by atoms with Crippen molar-refractivity contribution in [3.63, 3.8) is 0 Å². The third-order valence-electron chi connectivity index (χ3n) is 3.08. The molecule has 0 radical (unpaired) electrons. The summed E-state index contributed by atoms with van der Waals surface area (Å²) in [6.07, 6.45) is 0. The first-order valence-electron chi connectivity index (χ1n) is 5.59. The summed E-state index contributed by atoms with van der Waals surface area (Å²) in [6, 6.07) is 0.913. The summed E-state index contributed by atoms with van der Waals surface area (Å²) >= 11 is 1.47. The number of amides is 1. The molecular formula is C11H15N3O3S. The normalized spacial score (nSPS) is 23.4. The molecule has 0 saturated carbocycles. The van der Waals surface area contributed by atoms with Gasteiger partial charge in [-0.05, 0) is 19.9 Å². The summed E-state index contributed by atoms with van der Waals surface area (Å²) in [5.74, 6) is -0.856. The fraction of sp³-hybridized carbons (Fsp3) is 0.545. The van der Waals surface area contributed by atoms with Crippen molar-refractivity contribution in [1.82, 2.24) is 14.7 Å². The first-order chi connectivity index (χ1) is 8.41. The van der Waals surface area contributed by atoms with E-state index in [4.69, 9.17) is 5.11 Å². The van der Waals surface area contributed by atoms with Gasteiger partial charge in [-0.3, -0.25) is 9.48 Å². The Labute approximate surface area is 109 Å². The average Bonchev–Trinajstić information content (AvgIpc) is 2.83. The maximum atomic E-state index is 12.3. The van der Waals surface area contributed by atoms with E-state index in [2.05, 4.69) is 5.10 Å². The molecule has 1 aliphatic heterocycles.